The highest BCUT2D eigenvalue weighted by Gasteiger charge is 2.21. The van der Waals surface area contributed by atoms with Crippen molar-refractivity contribution in [3.63, 3.8) is 0 Å². The Morgan fingerprint density at radius 1 is 1.10 bits per heavy atom. The highest BCUT2D eigenvalue weighted by Crippen LogP contribution is 2.38. The highest BCUT2D eigenvalue weighted by atomic mass is 79.9. The summed E-state index contributed by atoms with van der Waals surface area (Å²) in [6.07, 6.45) is 0. The molecule has 0 aliphatic carbocycles. The largest absolute Gasteiger partial charge is 0.496 e. The van der Waals surface area contributed by atoms with Gasteiger partial charge in [0.05, 0.1) is 25.8 Å². The number of ether oxygens (including phenoxy) is 2. The van der Waals surface area contributed by atoms with E-state index in [1.165, 1.54) is 0 Å². The minimum Gasteiger partial charge on any atom is -0.496 e. The number of halogens is 2. The molecule has 2 aromatic carbocycles. The molecule has 0 bridgehead atoms. The van der Waals surface area contributed by atoms with Crippen LogP contribution >= 0.6 is 27.5 Å². The first-order valence-electron chi connectivity index (χ1n) is 6.44. The molecule has 1 unspecified atom stereocenters. The number of rotatable bonds is 5. The molecule has 0 aromatic heterocycles. The fourth-order valence-electron chi connectivity index (χ4n) is 2.38. The van der Waals surface area contributed by atoms with Gasteiger partial charge in [-0.3, -0.25) is 0 Å². The van der Waals surface area contributed by atoms with Gasteiger partial charge < -0.3 is 14.8 Å². The second-order valence-electron chi connectivity index (χ2n) is 4.50. The fourth-order valence-corrected chi connectivity index (χ4v) is 3.27. The standard InChI is InChI=1S/C16H17BrClNO2/c1-19-16(10-7-11(17)9-12(18)8-10)15-13(20-2)5-4-6-14(15)21-3/h4-9,16,19H,1-3H3. The molecule has 5 heteroatoms. The molecule has 2 rings (SSSR count). The summed E-state index contributed by atoms with van der Waals surface area (Å²) >= 11 is 9.65. The molecule has 0 saturated carbocycles. The Bertz CT molecular complexity index is 591. The van der Waals surface area contributed by atoms with Crippen molar-refractivity contribution in [3.05, 3.63) is 57.0 Å². The molecule has 112 valence electrons. The molecule has 0 radical (unpaired) electrons. The lowest BCUT2D eigenvalue weighted by Gasteiger charge is -2.22. The Morgan fingerprint density at radius 2 is 1.71 bits per heavy atom. The van der Waals surface area contributed by atoms with Gasteiger partial charge in [0.15, 0.2) is 0 Å². The quantitative estimate of drug-likeness (QED) is 0.844. The third kappa shape index (κ3) is 3.51. The average molecular weight is 371 g/mol. The average Bonchev–Trinajstić information content (AvgIpc) is 2.47. The summed E-state index contributed by atoms with van der Waals surface area (Å²) in [5, 5.41) is 3.97. The normalized spacial score (nSPS) is 12.0. The molecule has 0 heterocycles. The van der Waals surface area contributed by atoms with Crippen molar-refractivity contribution in [2.75, 3.05) is 21.3 Å². The summed E-state index contributed by atoms with van der Waals surface area (Å²) in [5.74, 6) is 1.54. The monoisotopic (exact) mass is 369 g/mol. The van der Waals surface area contributed by atoms with E-state index in [1.54, 1.807) is 14.2 Å². The maximum Gasteiger partial charge on any atom is 0.127 e. The number of hydrogen-bond donors (Lipinski definition) is 1. The van der Waals surface area contributed by atoms with Crippen molar-refractivity contribution in [2.24, 2.45) is 0 Å². The molecule has 0 aliphatic heterocycles. The van der Waals surface area contributed by atoms with Gasteiger partial charge in [0, 0.05) is 9.50 Å². The Hall–Kier alpha value is -1.23. The lowest BCUT2D eigenvalue weighted by atomic mass is 9.97. The number of methoxy groups -OCH3 is 2. The predicted molar refractivity (Wildman–Crippen MR) is 89.6 cm³/mol. The minimum absolute atomic E-state index is 0.0916. The Labute approximate surface area is 138 Å². The maximum absolute atomic E-state index is 6.17. The van der Waals surface area contributed by atoms with E-state index in [0.717, 1.165) is 27.1 Å². The van der Waals surface area contributed by atoms with Gasteiger partial charge in [-0.2, -0.15) is 0 Å². The van der Waals surface area contributed by atoms with Crippen LogP contribution in [0.25, 0.3) is 0 Å². The Kier molecular flexibility index (Phi) is 5.51. The number of benzene rings is 2. The predicted octanol–water partition coefficient (Wildman–Crippen LogP) is 4.43. The lowest BCUT2D eigenvalue weighted by molar-refractivity contribution is 0.379. The molecular formula is C16H17BrClNO2. The summed E-state index contributed by atoms with van der Waals surface area (Å²) in [4.78, 5) is 0. The smallest absolute Gasteiger partial charge is 0.127 e. The lowest BCUT2D eigenvalue weighted by Crippen LogP contribution is -2.19. The summed E-state index contributed by atoms with van der Waals surface area (Å²) in [6.45, 7) is 0. The van der Waals surface area contributed by atoms with Gasteiger partial charge in [0.25, 0.3) is 0 Å². The van der Waals surface area contributed by atoms with E-state index < -0.39 is 0 Å². The number of nitrogens with one attached hydrogen (secondary N) is 1. The third-order valence-corrected chi connectivity index (χ3v) is 3.94. The van der Waals surface area contributed by atoms with Gasteiger partial charge in [0.2, 0.25) is 0 Å². The topological polar surface area (TPSA) is 30.5 Å². The zero-order valence-electron chi connectivity index (χ0n) is 12.1. The summed E-state index contributed by atoms with van der Waals surface area (Å²) in [6, 6.07) is 11.5. The van der Waals surface area contributed by atoms with Crippen molar-refractivity contribution in [1.82, 2.24) is 5.32 Å². The van der Waals surface area contributed by atoms with Gasteiger partial charge in [-0.15, -0.1) is 0 Å². The molecule has 2 aromatic rings. The van der Waals surface area contributed by atoms with E-state index >= 15 is 0 Å². The van der Waals surface area contributed by atoms with Crippen LogP contribution in [0.5, 0.6) is 11.5 Å². The third-order valence-electron chi connectivity index (χ3n) is 3.26. The molecule has 0 spiro atoms. The first-order valence-corrected chi connectivity index (χ1v) is 7.62. The highest BCUT2D eigenvalue weighted by molar-refractivity contribution is 9.10. The second-order valence-corrected chi connectivity index (χ2v) is 5.85. The van der Waals surface area contributed by atoms with Crippen LogP contribution in [0.1, 0.15) is 17.2 Å². The zero-order valence-corrected chi connectivity index (χ0v) is 14.5. The van der Waals surface area contributed by atoms with E-state index in [9.17, 15) is 0 Å². The molecule has 21 heavy (non-hydrogen) atoms. The van der Waals surface area contributed by atoms with Gasteiger partial charge in [-0.05, 0) is 42.9 Å². The minimum atomic E-state index is -0.0916. The van der Waals surface area contributed by atoms with Crippen LogP contribution in [0.2, 0.25) is 5.02 Å². The van der Waals surface area contributed by atoms with Crippen molar-refractivity contribution < 1.29 is 9.47 Å². The van der Waals surface area contributed by atoms with Crippen molar-refractivity contribution >= 4 is 27.5 Å². The number of hydrogen-bond acceptors (Lipinski definition) is 3. The molecule has 0 amide bonds. The maximum atomic E-state index is 6.17. The van der Waals surface area contributed by atoms with Crippen LogP contribution in [0.3, 0.4) is 0 Å². The Morgan fingerprint density at radius 3 is 2.19 bits per heavy atom. The summed E-state index contributed by atoms with van der Waals surface area (Å²) in [7, 11) is 5.20. The SMILES string of the molecule is CNC(c1cc(Cl)cc(Br)c1)c1c(OC)cccc1OC. The molecule has 0 aliphatic rings. The van der Waals surface area contributed by atoms with Crippen molar-refractivity contribution in [2.45, 2.75) is 6.04 Å². The van der Waals surface area contributed by atoms with Gasteiger partial charge in [-0.1, -0.05) is 33.6 Å². The molecule has 1 N–H and O–H groups in total. The molecular weight excluding hydrogens is 354 g/mol. The molecule has 0 saturated heterocycles. The first kappa shape index (κ1) is 16.1. The van der Waals surface area contributed by atoms with Crippen LogP contribution < -0.4 is 14.8 Å². The van der Waals surface area contributed by atoms with Crippen LogP contribution in [0.15, 0.2) is 40.9 Å². The van der Waals surface area contributed by atoms with E-state index in [2.05, 4.69) is 21.2 Å². The molecule has 1 atom stereocenters. The van der Waals surface area contributed by atoms with Crippen LogP contribution in [0.4, 0.5) is 0 Å². The van der Waals surface area contributed by atoms with Crippen LogP contribution in [-0.2, 0) is 0 Å². The second kappa shape index (κ2) is 7.16. The van der Waals surface area contributed by atoms with E-state index in [-0.39, 0.29) is 6.04 Å². The van der Waals surface area contributed by atoms with E-state index in [4.69, 9.17) is 21.1 Å². The summed E-state index contributed by atoms with van der Waals surface area (Å²) in [5.41, 5.74) is 1.97. The van der Waals surface area contributed by atoms with Crippen LogP contribution in [-0.4, -0.2) is 21.3 Å². The van der Waals surface area contributed by atoms with E-state index in [1.807, 2.05) is 43.4 Å². The van der Waals surface area contributed by atoms with Crippen molar-refractivity contribution in [3.8, 4) is 11.5 Å². The van der Waals surface area contributed by atoms with Crippen molar-refractivity contribution in [1.29, 1.82) is 0 Å². The molecule has 0 fully saturated rings. The van der Waals surface area contributed by atoms with E-state index in [0.29, 0.717) is 5.02 Å². The Balaban J connectivity index is 2.60. The molecule has 3 nitrogen and oxygen atoms in total. The zero-order chi connectivity index (χ0) is 15.4. The summed E-state index contributed by atoms with van der Waals surface area (Å²) < 4.78 is 11.9. The first-order chi connectivity index (χ1) is 10.1. The van der Waals surface area contributed by atoms with Gasteiger partial charge in [-0.25, -0.2) is 0 Å². The van der Waals surface area contributed by atoms with Gasteiger partial charge in [0.1, 0.15) is 11.5 Å². The fraction of sp³-hybridized carbons (Fsp3) is 0.250. The van der Waals surface area contributed by atoms with Gasteiger partial charge >= 0.3 is 0 Å². The van der Waals surface area contributed by atoms with Crippen LogP contribution in [0, 0.1) is 0 Å².